The average molecular weight is 229 g/mol. The van der Waals surface area contributed by atoms with Crippen LogP contribution in [0.15, 0.2) is 30.5 Å². The van der Waals surface area contributed by atoms with Gasteiger partial charge < -0.3 is 0 Å². The molecule has 3 heteroatoms. The van der Waals surface area contributed by atoms with Crippen LogP contribution in [0.1, 0.15) is 36.6 Å². The Kier molecular flexibility index (Phi) is 4.30. The van der Waals surface area contributed by atoms with Gasteiger partial charge in [0.1, 0.15) is 0 Å². The van der Waals surface area contributed by atoms with Gasteiger partial charge >= 0.3 is 0 Å². The lowest BCUT2D eigenvalue weighted by Crippen LogP contribution is -1.92. The number of H-pyrrole nitrogens is 1. The van der Waals surface area contributed by atoms with Crippen LogP contribution in [0.25, 0.3) is 0 Å². The standard InChI is InChI=1S/C14H19N3/c1-2-3-4-12-5-7-13(8-6-12)9-10-14-11-15-17-16-14/h5-8,11H,2-4,9-10H2,1H3,(H,15,16,17). The van der Waals surface area contributed by atoms with Crippen LogP contribution in [0.4, 0.5) is 0 Å². The predicted octanol–water partition coefficient (Wildman–Crippen LogP) is 2.93. The Morgan fingerprint density at radius 3 is 2.29 bits per heavy atom. The fourth-order valence-corrected chi connectivity index (χ4v) is 1.87. The van der Waals surface area contributed by atoms with Crippen LogP contribution < -0.4 is 0 Å². The largest absolute Gasteiger partial charge is 0.198 e. The van der Waals surface area contributed by atoms with Crippen molar-refractivity contribution >= 4 is 0 Å². The predicted molar refractivity (Wildman–Crippen MR) is 68.8 cm³/mol. The van der Waals surface area contributed by atoms with Gasteiger partial charge in [-0.15, -0.1) is 0 Å². The van der Waals surface area contributed by atoms with E-state index in [4.69, 9.17) is 0 Å². The van der Waals surface area contributed by atoms with Gasteiger partial charge in [-0.05, 0) is 36.8 Å². The van der Waals surface area contributed by atoms with Gasteiger partial charge in [-0.3, -0.25) is 0 Å². The number of benzene rings is 1. The van der Waals surface area contributed by atoms with Crippen LogP contribution in [0.3, 0.4) is 0 Å². The number of hydrogen-bond donors (Lipinski definition) is 1. The third-order valence-electron chi connectivity index (χ3n) is 2.98. The van der Waals surface area contributed by atoms with E-state index in [1.807, 2.05) is 0 Å². The van der Waals surface area contributed by atoms with Crippen molar-refractivity contribution < 1.29 is 0 Å². The second-order valence-corrected chi connectivity index (χ2v) is 4.38. The van der Waals surface area contributed by atoms with E-state index < -0.39 is 0 Å². The van der Waals surface area contributed by atoms with Crippen molar-refractivity contribution in [3.63, 3.8) is 0 Å². The number of hydrogen-bond acceptors (Lipinski definition) is 2. The lowest BCUT2D eigenvalue weighted by atomic mass is 10.0. The van der Waals surface area contributed by atoms with Crippen molar-refractivity contribution in [3.8, 4) is 0 Å². The van der Waals surface area contributed by atoms with E-state index in [9.17, 15) is 0 Å². The first kappa shape index (κ1) is 11.8. The van der Waals surface area contributed by atoms with Crippen molar-refractivity contribution in [1.82, 2.24) is 15.4 Å². The zero-order valence-corrected chi connectivity index (χ0v) is 10.3. The molecule has 0 bridgehead atoms. The third-order valence-corrected chi connectivity index (χ3v) is 2.98. The molecule has 90 valence electrons. The summed E-state index contributed by atoms with van der Waals surface area (Å²) in [6, 6.07) is 8.94. The molecule has 0 radical (unpaired) electrons. The molecule has 1 heterocycles. The smallest absolute Gasteiger partial charge is 0.0828 e. The molecule has 2 aromatic rings. The number of aromatic nitrogens is 3. The van der Waals surface area contributed by atoms with E-state index in [0.717, 1.165) is 18.5 Å². The Labute approximate surface area is 102 Å². The van der Waals surface area contributed by atoms with Crippen molar-refractivity contribution in [2.75, 3.05) is 0 Å². The van der Waals surface area contributed by atoms with Crippen molar-refractivity contribution in [1.29, 1.82) is 0 Å². The Morgan fingerprint density at radius 2 is 1.71 bits per heavy atom. The molecule has 0 saturated carbocycles. The van der Waals surface area contributed by atoms with Gasteiger partial charge in [0.15, 0.2) is 0 Å². The van der Waals surface area contributed by atoms with E-state index in [1.165, 1.54) is 30.4 Å². The Bertz CT molecular complexity index is 417. The highest BCUT2D eigenvalue weighted by Gasteiger charge is 1.98. The topological polar surface area (TPSA) is 41.6 Å². The summed E-state index contributed by atoms with van der Waals surface area (Å²) in [5.41, 5.74) is 3.84. The molecule has 2 rings (SSSR count). The lowest BCUT2D eigenvalue weighted by Gasteiger charge is -2.02. The average Bonchev–Trinajstić information content (AvgIpc) is 2.88. The van der Waals surface area contributed by atoms with E-state index in [1.54, 1.807) is 6.20 Å². The number of aromatic amines is 1. The summed E-state index contributed by atoms with van der Waals surface area (Å²) in [7, 11) is 0. The summed E-state index contributed by atoms with van der Waals surface area (Å²) < 4.78 is 0. The molecular weight excluding hydrogens is 210 g/mol. The van der Waals surface area contributed by atoms with Crippen LogP contribution in [-0.2, 0) is 19.3 Å². The number of rotatable bonds is 6. The molecule has 0 saturated heterocycles. The van der Waals surface area contributed by atoms with E-state index in [-0.39, 0.29) is 0 Å². The van der Waals surface area contributed by atoms with Gasteiger partial charge in [-0.1, -0.05) is 37.6 Å². The first-order valence-corrected chi connectivity index (χ1v) is 6.31. The number of nitrogens with one attached hydrogen (secondary N) is 1. The second kappa shape index (κ2) is 6.18. The van der Waals surface area contributed by atoms with Crippen molar-refractivity contribution in [2.45, 2.75) is 39.0 Å². The molecule has 0 fully saturated rings. The lowest BCUT2D eigenvalue weighted by molar-refractivity contribution is 0.794. The summed E-state index contributed by atoms with van der Waals surface area (Å²) in [6.45, 7) is 2.23. The van der Waals surface area contributed by atoms with Crippen LogP contribution in [0, 0.1) is 0 Å². The van der Waals surface area contributed by atoms with Crippen LogP contribution in [0.5, 0.6) is 0 Å². The number of aryl methyl sites for hydroxylation is 3. The van der Waals surface area contributed by atoms with Crippen LogP contribution in [0.2, 0.25) is 0 Å². The Morgan fingerprint density at radius 1 is 1.00 bits per heavy atom. The quantitative estimate of drug-likeness (QED) is 0.827. The van der Waals surface area contributed by atoms with Crippen molar-refractivity contribution in [3.05, 3.63) is 47.3 Å². The fraction of sp³-hybridized carbons (Fsp3) is 0.429. The van der Waals surface area contributed by atoms with E-state index in [0.29, 0.717) is 0 Å². The SMILES string of the molecule is CCCCc1ccc(CCc2cn[nH]n2)cc1. The van der Waals surface area contributed by atoms with Crippen molar-refractivity contribution in [2.24, 2.45) is 0 Å². The molecule has 0 aliphatic carbocycles. The molecule has 1 N–H and O–H groups in total. The fourth-order valence-electron chi connectivity index (χ4n) is 1.87. The molecule has 0 unspecified atom stereocenters. The Balaban J connectivity index is 1.85. The Hall–Kier alpha value is -1.64. The van der Waals surface area contributed by atoms with E-state index in [2.05, 4.69) is 46.6 Å². The third kappa shape index (κ3) is 3.70. The molecule has 0 atom stereocenters. The minimum atomic E-state index is 0.949. The van der Waals surface area contributed by atoms with Gasteiger partial charge in [0, 0.05) is 0 Å². The van der Waals surface area contributed by atoms with Gasteiger partial charge in [-0.25, -0.2) is 0 Å². The summed E-state index contributed by atoms with van der Waals surface area (Å²) in [5.74, 6) is 0. The van der Waals surface area contributed by atoms with E-state index >= 15 is 0 Å². The highest BCUT2D eigenvalue weighted by molar-refractivity contribution is 5.23. The monoisotopic (exact) mass is 229 g/mol. The minimum Gasteiger partial charge on any atom is -0.198 e. The van der Waals surface area contributed by atoms with Gasteiger partial charge in [0.05, 0.1) is 11.9 Å². The molecule has 3 nitrogen and oxygen atoms in total. The second-order valence-electron chi connectivity index (χ2n) is 4.38. The molecule has 0 aliphatic heterocycles. The molecular formula is C14H19N3. The minimum absolute atomic E-state index is 0.949. The molecule has 0 spiro atoms. The van der Waals surface area contributed by atoms with Crippen LogP contribution in [-0.4, -0.2) is 15.4 Å². The number of nitrogens with zero attached hydrogens (tertiary/aromatic N) is 2. The first-order chi connectivity index (χ1) is 8.38. The molecule has 0 amide bonds. The highest BCUT2D eigenvalue weighted by atomic mass is 15.3. The maximum Gasteiger partial charge on any atom is 0.0828 e. The zero-order chi connectivity index (χ0) is 11.9. The molecule has 0 aliphatic rings. The van der Waals surface area contributed by atoms with Gasteiger partial charge in [-0.2, -0.15) is 15.4 Å². The highest BCUT2D eigenvalue weighted by Crippen LogP contribution is 2.09. The summed E-state index contributed by atoms with van der Waals surface area (Å²) >= 11 is 0. The molecule has 17 heavy (non-hydrogen) atoms. The number of unbranched alkanes of at least 4 members (excludes halogenated alkanes) is 1. The van der Waals surface area contributed by atoms with Gasteiger partial charge in [0.2, 0.25) is 0 Å². The molecule has 1 aromatic heterocycles. The maximum absolute atomic E-state index is 4.05. The summed E-state index contributed by atoms with van der Waals surface area (Å²) in [4.78, 5) is 0. The van der Waals surface area contributed by atoms with Crippen LogP contribution >= 0.6 is 0 Å². The summed E-state index contributed by atoms with van der Waals surface area (Å²) in [5, 5.41) is 10.5. The zero-order valence-electron chi connectivity index (χ0n) is 10.3. The maximum atomic E-state index is 4.05. The first-order valence-electron chi connectivity index (χ1n) is 6.31. The molecule has 1 aromatic carbocycles. The van der Waals surface area contributed by atoms with Gasteiger partial charge in [0.25, 0.3) is 0 Å². The summed E-state index contributed by atoms with van der Waals surface area (Å²) in [6.07, 6.45) is 7.49. The normalized spacial score (nSPS) is 10.6.